The summed E-state index contributed by atoms with van der Waals surface area (Å²) < 4.78 is 0. The van der Waals surface area contributed by atoms with Crippen molar-refractivity contribution in [1.29, 1.82) is 0 Å². The molecule has 0 bridgehead atoms. The van der Waals surface area contributed by atoms with Gasteiger partial charge < -0.3 is 9.80 Å². The Kier molecular flexibility index (Phi) is 6.85. The second-order valence-electron chi connectivity index (χ2n) is 8.70. The number of piperazine rings is 1. The summed E-state index contributed by atoms with van der Waals surface area (Å²) in [6, 6.07) is 4.07. The Morgan fingerprint density at radius 1 is 1.03 bits per heavy atom. The number of aromatic nitrogens is 1. The van der Waals surface area contributed by atoms with Crippen LogP contribution >= 0.6 is 22.7 Å². The fourth-order valence-corrected chi connectivity index (χ4v) is 6.12. The molecule has 0 spiro atoms. The van der Waals surface area contributed by atoms with E-state index in [1.54, 1.807) is 22.7 Å². The molecule has 0 aromatic carbocycles. The lowest BCUT2D eigenvalue weighted by Gasteiger charge is -2.38. The van der Waals surface area contributed by atoms with Gasteiger partial charge in [0.05, 0.1) is 23.5 Å². The lowest BCUT2D eigenvalue weighted by molar-refractivity contribution is -0.136. The molecular weight excluding hydrogens is 416 g/mol. The normalized spacial score (nSPS) is 23.0. The number of carbonyl (C=O) groups is 2. The zero-order chi connectivity index (χ0) is 21.1. The molecule has 2 unspecified atom stereocenters. The maximum atomic E-state index is 12.7. The van der Waals surface area contributed by atoms with Gasteiger partial charge in [0, 0.05) is 44.6 Å². The van der Waals surface area contributed by atoms with E-state index in [-0.39, 0.29) is 11.8 Å². The number of hydrogen-bond acceptors (Lipinski definition) is 6. The smallest absolute Gasteiger partial charge is 0.236 e. The van der Waals surface area contributed by atoms with Crippen LogP contribution in [0, 0.1) is 11.8 Å². The van der Waals surface area contributed by atoms with Gasteiger partial charge in [0.25, 0.3) is 0 Å². The number of likely N-dealkylation sites (tertiary alicyclic amines) is 1. The SMILES string of the molecule is CC1CC(C)CN(C(=O)CN2CCN(C(=O)Cc3csc(-c4cccs4)n3)CC2)C1. The summed E-state index contributed by atoms with van der Waals surface area (Å²) in [6.07, 6.45) is 1.56. The standard InChI is InChI=1S/C22H30N4O2S2/c1-16-10-17(2)13-26(12-16)21(28)14-24-5-7-25(8-6-24)20(27)11-18-15-30-22(23-18)19-4-3-9-29-19/h3-4,9,15-17H,5-8,10-14H2,1-2H3. The van der Waals surface area contributed by atoms with Gasteiger partial charge in [-0.2, -0.15) is 0 Å². The van der Waals surface area contributed by atoms with Gasteiger partial charge in [0.2, 0.25) is 11.8 Å². The van der Waals surface area contributed by atoms with E-state index < -0.39 is 0 Å². The van der Waals surface area contributed by atoms with Crippen molar-refractivity contribution in [2.24, 2.45) is 11.8 Å². The number of carbonyl (C=O) groups excluding carboxylic acids is 2. The molecule has 0 aliphatic carbocycles. The summed E-state index contributed by atoms with van der Waals surface area (Å²) in [6.45, 7) is 9.56. The molecule has 162 valence electrons. The first-order valence-corrected chi connectivity index (χ1v) is 12.5. The van der Waals surface area contributed by atoms with Crippen LogP contribution in [0.15, 0.2) is 22.9 Å². The largest absolute Gasteiger partial charge is 0.341 e. The Labute approximate surface area is 186 Å². The molecule has 2 atom stereocenters. The molecule has 2 aliphatic rings. The van der Waals surface area contributed by atoms with Crippen LogP contribution in [0.1, 0.15) is 26.0 Å². The summed E-state index contributed by atoms with van der Waals surface area (Å²) in [5.74, 6) is 1.52. The Hall–Kier alpha value is -1.77. The van der Waals surface area contributed by atoms with Crippen molar-refractivity contribution in [3.63, 3.8) is 0 Å². The van der Waals surface area contributed by atoms with Crippen molar-refractivity contribution in [3.05, 3.63) is 28.6 Å². The quantitative estimate of drug-likeness (QED) is 0.708. The molecule has 0 saturated carbocycles. The second-order valence-corrected chi connectivity index (χ2v) is 10.5. The molecule has 2 saturated heterocycles. The van der Waals surface area contributed by atoms with E-state index >= 15 is 0 Å². The Morgan fingerprint density at radius 3 is 2.43 bits per heavy atom. The van der Waals surface area contributed by atoms with Crippen LogP contribution < -0.4 is 0 Å². The van der Waals surface area contributed by atoms with Crippen LogP contribution in [0.5, 0.6) is 0 Å². The fraction of sp³-hybridized carbons (Fsp3) is 0.591. The van der Waals surface area contributed by atoms with Crippen molar-refractivity contribution in [3.8, 4) is 9.88 Å². The maximum absolute atomic E-state index is 12.7. The molecule has 8 heteroatoms. The van der Waals surface area contributed by atoms with Crippen molar-refractivity contribution >= 4 is 34.5 Å². The van der Waals surface area contributed by atoms with Crippen LogP contribution in [0.3, 0.4) is 0 Å². The maximum Gasteiger partial charge on any atom is 0.236 e. The van der Waals surface area contributed by atoms with Gasteiger partial charge in [-0.25, -0.2) is 4.98 Å². The number of piperidine rings is 1. The molecule has 2 aromatic heterocycles. The van der Waals surface area contributed by atoms with E-state index in [4.69, 9.17) is 0 Å². The first kappa shape index (κ1) is 21.5. The molecule has 0 N–H and O–H groups in total. The van der Waals surface area contributed by atoms with Crippen LogP contribution in [0.4, 0.5) is 0 Å². The number of thiophene rings is 1. The van der Waals surface area contributed by atoms with E-state index in [0.717, 1.165) is 41.8 Å². The van der Waals surface area contributed by atoms with Gasteiger partial charge in [0.15, 0.2) is 0 Å². The monoisotopic (exact) mass is 446 g/mol. The first-order chi connectivity index (χ1) is 14.5. The number of rotatable bonds is 5. The van der Waals surface area contributed by atoms with Gasteiger partial charge in [-0.1, -0.05) is 19.9 Å². The van der Waals surface area contributed by atoms with Crippen molar-refractivity contribution in [2.75, 3.05) is 45.8 Å². The minimum absolute atomic E-state index is 0.127. The highest BCUT2D eigenvalue weighted by molar-refractivity contribution is 7.20. The third-order valence-electron chi connectivity index (χ3n) is 5.92. The Morgan fingerprint density at radius 2 is 1.77 bits per heavy atom. The minimum atomic E-state index is 0.127. The van der Waals surface area contributed by atoms with E-state index in [9.17, 15) is 9.59 Å². The minimum Gasteiger partial charge on any atom is -0.341 e. The molecule has 4 rings (SSSR count). The van der Waals surface area contributed by atoms with Crippen LogP contribution in [0.25, 0.3) is 9.88 Å². The van der Waals surface area contributed by atoms with E-state index in [1.807, 2.05) is 26.6 Å². The van der Waals surface area contributed by atoms with Gasteiger partial charge in [0.1, 0.15) is 5.01 Å². The second kappa shape index (κ2) is 9.58. The van der Waals surface area contributed by atoms with E-state index in [0.29, 0.717) is 37.9 Å². The zero-order valence-electron chi connectivity index (χ0n) is 17.7. The summed E-state index contributed by atoms with van der Waals surface area (Å²) in [5.41, 5.74) is 0.847. The highest BCUT2D eigenvalue weighted by Gasteiger charge is 2.28. The highest BCUT2D eigenvalue weighted by atomic mass is 32.1. The summed E-state index contributed by atoms with van der Waals surface area (Å²) >= 11 is 3.26. The Bertz CT molecular complexity index is 848. The van der Waals surface area contributed by atoms with Gasteiger partial charge in [-0.05, 0) is 29.7 Å². The van der Waals surface area contributed by atoms with Crippen LogP contribution in [0.2, 0.25) is 0 Å². The van der Waals surface area contributed by atoms with Crippen molar-refractivity contribution in [2.45, 2.75) is 26.7 Å². The number of hydrogen-bond donors (Lipinski definition) is 0. The summed E-state index contributed by atoms with van der Waals surface area (Å²) in [5, 5.41) is 5.01. The van der Waals surface area contributed by atoms with Gasteiger partial charge >= 0.3 is 0 Å². The highest BCUT2D eigenvalue weighted by Crippen LogP contribution is 2.28. The molecule has 0 radical (unpaired) electrons. The lowest BCUT2D eigenvalue weighted by atomic mass is 9.92. The van der Waals surface area contributed by atoms with Gasteiger partial charge in [-0.15, -0.1) is 22.7 Å². The number of thiazole rings is 1. The third kappa shape index (κ3) is 5.28. The average Bonchev–Trinajstić information content (AvgIpc) is 3.39. The molecule has 6 nitrogen and oxygen atoms in total. The first-order valence-electron chi connectivity index (χ1n) is 10.7. The van der Waals surface area contributed by atoms with Crippen LogP contribution in [-0.2, 0) is 16.0 Å². The summed E-state index contributed by atoms with van der Waals surface area (Å²) in [4.78, 5) is 37.3. The predicted molar refractivity (Wildman–Crippen MR) is 122 cm³/mol. The summed E-state index contributed by atoms with van der Waals surface area (Å²) in [7, 11) is 0. The number of amides is 2. The third-order valence-corrected chi connectivity index (χ3v) is 7.85. The number of nitrogens with zero attached hydrogens (tertiary/aromatic N) is 4. The average molecular weight is 447 g/mol. The molecule has 4 heterocycles. The predicted octanol–water partition coefficient (Wildman–Crippen LogP) is 3.06. The van der Waals surface area contributed by atoms with E-state index in [1.165, 1.54) is 6.42 Å². The van der Waals surface area contributed by atoms with E-state index in [2.05, 4.69) is 29.8 Å². The molecule has 30 heavy (non-hydrogen) atoms. The topological polar surface area (TPSA) is 56.8 Å². The van der Waals surface area contributed by atoms with Crippen LogP contribution in [-0.4, -0.2) is 77.3 Å². The van der Waals surface area contributed by atoms with Gasteiger partial charge in [-0.3, -0.25) is 14.5 Å². The Balaban J connectivity index is 1.23. The molecule has 2 aromatic rings. The zero-order valence-corrected chi connectivity index (χ0v) is 19.4. The molecule has 2 amide bonds. The van der Waals surface area contributed by atoms with Crippen molar-refractivity contribution in [1.82, 2.24) is 19.7 Å². The fourth-order valence-electron chi connectivity index (χ4n) is 4.48. The molecule has 2 aliphatic heterocycles. The lowest BCUT2D eigenvalue weighted by Crippen LogP contribution is -2.53. The molecular formula is C22H30N4O2S2. The molecule has 2 fully saturated rings. The van der Waals surface area contributed by atoms with Crippen molar-refractivity contribution < 1.29 is 9.59 Å².